The summed E-state index contributed by atoms with van der Waals surface area (Å²) in [5.74, 6) is 0.139. The second-order valence-corrected chi connectivity index (χ2v) is 3.67. The lowest BCUT2D eigenvalue weighted by molar-refractivity contribution is -0.141. The van der Waals surface area contributed by atoms with Gasteiger partial charge in [0.05, 0.1) is 6.42 Å². The molecule has 0 saturated carbocycles. The molecule has 0 aliphatic carbocycles. The number of amides is 1. The third kappa shape index (κ3) is 4.26. The van der Waals surface area contributed by atoms with Crippen LogP contribution in [0.25, 0.3) is 0 Å². The van der Waals surface area contributed by atoms with Crippen molar-refractivity contribution in [3.63, 3.8) is 0 Å². The number of carboxylic acids is 1. The van der Waals surface area contributed by atoms with E-state index < -0.39 is 23.7 Å². The molecule has 0 aliphatic heterocycles. The molecule has 5 heteroatoms. The minimum absolute atomic E-state index is 0.0192. The first-order valence-corrected chi connectivity index (χ1v) is 5.23. The Balaban J connectivity index is 2.58. The third-order valence-corrected chi connectivity index (χ3v) is 2.23. The van der Waals surface area contributed by atoms with Crippen molar-refractivity contribution in [2.24, 2.45) is 0 Å². The van der Waals surface area contributed by atoms with Gasteiger partial charge in [0.25, 0.3) is 0 Å². The fourth-order valence-corrected chi connectivity index (χ4v) is 1.35. The number of benzene rings is 1. The molecule has 1 unspecified atom stereocenters. The first-order chi connectivity index (χ1) is 8.52. The van der Waals surface area contributed by atoms with Gasteiger partial charge in [-0.1, -0.05) is 12.1 Å². The summed E-state index contributed by atoms with van der Waals surface area (Å²) in [6, 6.07) is 4.30. The Bertz CT molecular complexity index is 476. The Morgan fingerprint density at radius 1 is 1.39 bits per heavy atom. The van der Waals surface area contributed by atoms with E-state index in [2.05, 4.69) is 11.2 Å². The van der Waals surface area contributed by atoms with Gasteiger partial charge < -0.3 is 10.4 Å². The minimum Gasteiger partial charge on any atom is -0.480 e. The number of carbonyl (C=O) groups excluding carboxylic acids is 1. The summed E-state index contributed by atoms with van der Waals surface area (Å²) in [5.41, 5.74) is 0.596. The van der Waals surface area contributed by atoms with Gasteiger partial charge in [-0.05, 0) is 17.7 Å². The average molecular weight is 249 g/mol. The molecular formula is C13H12FNO3. The van der Waals surface area contributed by atoms with Crippen LogP contribution in [0.5, 0.6) is 0 Å². The minimum atomic E-state index is -1.18. The molecule has 2 N–H and O–H groups in total. The lowest BCUT2D eigenvalue weighted by Gasteiger charge is -2.11. The summed E-state index contributed by atoms with van der Waals surface area (Å²) in [6.07, 6.45) is 4.91. The normalized spacial score (nSPS) is 11.3. The van der Waals surface area contributed by atoms with Crippen LogP contribution in [-0.4, -0.2) is 23.0 Å². The Hall–Kier alpha value is -2.35. The Morgan fingerprint density at radius 3 is 2.50 bits per heavy atom. The number of nitrogens with one attached hydrogen (secondary N) is 1. The second kappa shape index (κ2) is 6.40. The molecule has 0 fully saturated rings. The van der Waals surface area contributed by atoms with E-state index in [-0.39, 0.29) is 12.8 Å². The molecule has 0 saturated heterocycles. The van der Waals surface area contributed by atoms with Crippen molar-refractivity contribution in [3.05, 3.63) is 35.6 Å². The molecule has 0 bridgehead atoms. The number of hydrogen-bond donors (Lipinski definition) is 2. The molecule has 0 radical (unpaired) electrons. The molecule has 1 atom stereocenters. The molecule has 1 rings (SSSR count). The molecule has 1 amide bonds. The van der Waals surface area contributed by atoms with E-state index in [1.807, 2.05) is 0 Å². The molecule has 4 nitrogen and oxygen atoms in total. The number of terminal acetylenes is 1. The van der Waals surface area contributed by atoms with Crippen LogP contribution in [0.15, 0.2) is 24.3 Å². The molecule has 0 spiro atoms. The van der Waals surface area contributed by atoms with Gasteiger partial charge in [-0.15, -0.1) is 12.3 Å². The number of carboxylic acid groups (broad SMARTS) is 1. The summed E-state index contributed by atoms with van der Waals surface area (Å²) in [7, 11) is 0. The highest BCUT2D eigenvalue weighted by Crippen LogP contribution is 2.04. The Morgan fingerprint density at radius 2 is 2.00 bits per heavy atom. The van der Waals surface area contributed by atoms with Crippen LogP contribution >= 0.6 is 0 Å². The monoisotopic (exact) mass is 249 g/mol. The summed E-state index contributed by atoms with van der Waals surface area (Å²) >= 11 is 0. The standard InChI is InChI=1S/C13H12FNO3/c1-2-3-11(13(17)18)15-12(16)8-9-4-6-10(14)7-5-9/h1,4-7,11H,3,8H2,(H,15,16)(H,17,18). The summed E-state index contributed by atoms with van der Waals surface area (Å²) < 4.78 is 12.6. The topological polar surface area (TPSA) is 66.4 Å². The van der Waals surface area contributed by atoms with E-state index in [0.717, 1.165) is 0 Å². The van der Waals surface area contributed by atoms with E-state index in [4.69, 9.17) is 11.5 Å². The fraction of sp³-hybridized carbons (Fsp3) is 0.231. The van der Waals surface area contributed by atoms with Crippen molar-refractivity contribution < 1.29 is 19.1 Å². The maximum absolute atomic E-state index is 12.6. The van der Waals surface area contributed by atoms with E-state index in [9.17, 15) is 14.0 Å². The average Bonchev–Trinajstić information content (AvgIpc) is 2.31. The van der Waals surface area contributed by atoms with E-state index in [0.29, 0.717) is 5.56 Å². The van der Waals surface area contributed by atoms with Crippen LogP contribution in [0.2, 0.25) is 0 Å². The molecular weight excluding hydrogens is 237 g/mol. The molecule has 1 aromatic rings. The predicted molar refractivity (Wildman–Crippen MR) is 63.1 cm³/mol. The van der Waals surface area contributed by atoms with Crippen molar-refractivity contribution in [1.82, 2.24) is 5.32 Å². The van der Waals surface area contributed by atoms with Crippen LogP contribution in [0.4, 0.5) is 4.39 Å². The van der Waals surface area contributed by atoms with Crippen LogP contribution in [-0.2, 0) is 16.0 Å². The molecule has 1 aromatic carbocycles. The lowest BCUT2D eigenvalue weighted by Crippen LogP contribution is -2.41. The Kier molecular flexibility index (Phi) is 4.88. The quantitative estimate of drug-likeness (QED) is 0.764. The molecule has 0 aromatic heterocycles. The van der Waals surface area contributed by atoms with E-state index in [1.54, 1.807) is 0 Å². The zero-order chi connectivity index (χ0) is 13.5. The lowest BCUT2D eigenvalue weighted by atomic mass is 10.1. The smallest absolute Gasteiger partial charge is 0.327 e. The number of aliphatic carboxylic acids is 1. The van der Waals surface area contributed by atoms with Crippen LogP contribution in [0, 0.1) is 18.2 Å². The second-order valence-electron chi connectivity index (χ2n) is 3.67. The highest BCUT2D eigenvalue weighted by molar-refractivity contribution is 5.85. The molecule has 94 valence electrons. The van der Waals surface area contributed by atoms with Gasteiger partial charge in [0.15, 0.2) is 0 Å². The van der Waals surface area contributed by atoms with Gasteiger partial charge in [0.2, 0.25) is 5.91 Å². The Labute approximate surface area is 104 Å². The highest BCUT2D eigenvalue weighted by atomic mass is 19.1. The number of rotatable bonds is 5. The SMILES string of the molecule is C#CCC(NC(=O)Cc1ccc(F)cc1)C(=O)O. The van der Waals surface area contributed by atoms with Crippen LogP contribution in [0.1, 0.15) is 12.0 Å². The van der Waals surface area contributed by atoms with Gasteiger partial charge in [-0.25, -0.2) is 9.18 Å². The first kappa shape index (κ1) is 13.7. The van der Waals surface area contributed by atoms with Gasteiger partial charge in [-0.3, -0.25) is 4.79 Å². The highest BCUT2D eigenvalue weighted by Gasteiger charge is 2.18. The van der Waals surface area contributed by atoms with Crippen molar-refractivity contribution in [2.75, 3.05) is 0 Å². The predicted octanol–water partition coefficient (Wildman–Crippen LogP) is 0.961. The van der Waals surface area contributed by atoms with E-state index in [1.165, 1.54) is 24.3 Å². The molecule has 18 heavy (non-hydrogen) atoms. The third-order valence-electron chi connectivity index (χ3n) is 2.23. The van der Waals surface area contributed by atoms with E-state index >= 15 is 0 Å². The van der Waals surface area contributed by atoms with Gasteiger partial charge in [0, 0.05) is 6.42 Å². The molecule has 0 heterocycles. The number of carbonyl (C=O) groups is 2. The zero-order valence-corrected chi connectivity index (χ0v) is 9.52. The summed E-state index contributed by atoms with van der Waals surface area (Å²) in [4.78, 5) is 22.3. The maximum Gasteiger partial charge on any atom is 0.327 e. The van der Waals surface area contributed by atoms with Crippen molar-refractivity contribution in [2.45, 2.75) is 18.9 Å². The number of hydrogen-bond acceptors (Lipinski definition) is 2. The van der Waals surface area contributed by atoms with Crippen molar-refractivity contribution in [3.8, 4) is 12.3 Å². The first-order valence-electron chi connectivity index (χ1n) is 5.23. The number of halogens is 1. The summed E-state index contributed by atoms with van der Waals surface area (Å²) in [5, 5.41) is 11.1. The van der Waals surface area contributed by atoms with Gasteiger partial charge >= 0.3 is 5.97 Å². The molecule has 0 aliphatic rings. The van der Waals surface area contributed by atoms with Gasteiger partial charge in [-0.2, -0.15) is 0 Å². The van der Waals surface area contributed by atoms with Gasteiger partial charge in [0.1, 0.15) is 11.9 Å². The summed E-state index contributed by atoms with van der Waals surface area (Å²) in [6.45, 7) is 0. The van der Waals surface area contributed by atoms with Crippen molar-refractivity contribution in [1.29, 1.82) is 0 Å². The fourth-order valence-electron chi connectivity index (χ4n) is 1.35. The zero-order valence-electron chi connectivity index (χ0n) is 9.52. The maximum atomic E-state index is 12.6. The van der Waals surface area contributed by atoms with Crippen LogP contribution < -0.4 is 5.32 Å². The van der Waals surface area contributed by atoms with Crippen molar-refractivity contribution >= 4 is 11.9 Å². The van der Waals surface area contributed by atoms with Crippen LogP contribution in [0.3, 0.4) is 0 Å². The largest absolute Gasteiger partial charge is 0.480 e.